The minimum atomic E-state index is -0.0625. The predicted octanol–water partition coefficient (Wildman–Crippen LogP) is 0.582. The van der Waals surface area contributed by atoms with Crippen molar-refractivity contribution < 1.29 is 9.47 Å². The number of nitrogens with zero attached hydrogens (tertiary/aromatic N) is 3. The van der Waals surface area contributed by atoms with Crippen molar-refractivity contribution in [2.24, 2.45) is 0 Å². The molecule has 1 aliphatic heterocycles. The zero-order valence-corrected chi connectivity index (χ0v) is 8.46. The number of nitrogens with one attached hydrogen (secondary N) is 1. The maximum Gasteiger partial charge on any atom is 0.178 e. The molecule has 0 saturated carbocycles. The summed E-state index contributed by atoms with van der Waals surface area (Å²) in [7, 11) is 0. The highest BCUT2D eigenvalue weighted by molar-refractivity contribution is 5.40. The van der Waals surface area contributed by atoms with Crippen molar-refractivity contribution in [2.75, 3.05) is 6.61 Å². The third-order valence-corrected chi connectivity index (χ3v) is 2.37. The highest BCUT2D eigenvalue weighted by atomic mass is 16.6. The SMILES string of the molecule is c1ccc2c(c1)OCC(Cc1nn[nH]n1)O2. The van der Waals surface area contributed by atoms with Crippen molar-refractivity contribution >= 4 is 0 Å². The molecule has 2 aromatic rings. The number of hydrogen-bond donors (Lipinski definition) is 1. The second-order valence-corrected chi connectivity index (χ2v) is 3.53. The van der Waals surface area contributed by atoms with Crippen LogP contribution in [0.2, 0.25) is 0 Å². The van der Waals surface area contributed by atoms with Crippen molar-refractivity contribution in [1.29, 1.82) is 0 Å². The average Bonchev–Trinajstić information content (AvgIpc) is 2.82. The van der Waals surface area contributed by atoms with E-state index in [-0.39, 0.29) is 6.10 Å². The molecule has 0 bridgehead atoms. The van der Waals surface area contributed by atoms with Crippen LogP contribution in [0.25, 0.3) is 0 Å². The van der Waals surface area contributed by atoms with E-state index in [2.05, 4.69) is 20.6 Å². The fourth-order valence-electron chi connectivity index (χ4n) is 1.64. The fourth-order valence-corrected chi connectivity index (χ4v) is 1.64. The van der Waals surface area contributed by atoms with Crippen LogP contribution in [0.15, 0.2) is 24.3 Å². The molecule has 6 nitrogen and oxygen atoms in total. The summed E-state index contributed by atoms with van der Waals surface area (Å²) in [5, 5.41) is 13.7. The Hall–Kier alpha value is -2.11. The molecule has 0 radical (unpaired) electrons. The maximum absolute atomic E-state index is 5.76. The van der Waals surface area contributed by atoms with Crippen LogP contribution < -0.4 is 9.47 Å². The molecule has 3 rings (SSSR count). The minimum absolute atomic E-state index is 0.0625. The molecule has 82 valence electrons. The normalized spacial score (nSPS) is 18.4. The number of para-hydroxylation sites is 2. The third kappa shape index (κ3) is 1.69. The van der Waals surface area contributed by atoms with Crippen LogP contribution in [0.4, 0.5) is 0 Å². The number of aromatic nitrogens is 4. The van der Waals surface area contributed by atoms with Gasteiger partial charge in [0.1, 0.15) is 12.7 Å². The van der Waals surface area contributed by atoms with E-state index in [1.165, 1.54) is 0 Å². The number of ether oxygens (including phenoxy) is 2. The average molecular weight is 218 g/mol. The Bertz CT molecular complexity index is 471. The lowest BCUT2D eigenvalue weighted by Crippen LogP contribution is -2.31. The van der Waals surface area contributed by atoms with Gasteiger partial charge in [0.2, 0.25) is 0 Å². The topological polar surface area (TPSA) is 72.9 Å². The van der Waals surface area contributed by atoms with Gasteiger partial charge in [-0.25, -0.2) is 0 Å². The van der Waals surface area contributed by atoms with Crippen LogP contribution in [0.1, 0.15) is 5.82 Å². The van der Waals surface area contributed by atoms with Crippen molar-refractivity contribution in [3.05, 3.63) is 30.1 Å². The number of benzene rings is 1. The summed E-state index contributed by atoms with van der Waals surface area (Å²) in [6.45, 7) is 0.506. The number of hydrogen-bond acceptors (Lipinski definition) is 5. The molecule has 1 aliphatic rings. The molecule has 0 aliphatic carbocycles. The predicted molar refractivity (Wildman–Crippen MR) is 54.2 cm³/mol. The number of tetrazole rings is 1. The Morgan fingerprint density at radius 1 is 1.31 bits per heavy atom. The molecule has 1 aromatic heterocycles. The molecule has 0 saturated heterocycles. The highest BCUT2D eigenvalue weighted by Gasteiger charge is 2.22. The van der Waals surface area contributed by atoms with Gasteiger partial charge in [0, 0.05) is 0 Å². The molecule has 16 heavy (non-hydrogen) atoms. The number of rotatable bonds is 2. The minimum Gasteiger partial charge on any atom is -0.486 e. The first-order valence-electron chi connectivity index (χ1n) is 5.02. The summed E-state index contributed by atoms with van der Waals surface area (Å²) in [5.41, 5.74) is 0. The lowest BCUT2D eigenvalue weighted by molar-refractivity contribution is 0.0898. The molecule has 1 N–H and O–H groups in total. The van der Waals surface area contributed by atoms with Crippen LogP contribution in [-0.2, 0) is 6.42 Å². The molecule has 1 aromatic carbocycles. The smallest absolute Gasteiger partial charge is 0.178 e. The Balaban J connectivity index is 1.73. The fraction of sp³-hybridized carbons (Fsp3) is 0.300. The third-order valence-electron chi connectivity index (χ3n) is 2.37. The molecule has 0 amide bonds. The first kappa shape index (κ1) is 9.14. The molecule has 1 unspecified atom stereocenters. The van der Waals surface area contributed by atoms with E-state index in [4.69, 9.17) is 9.47 Å². The molecule has 2 heterocycles. The molecule has 0 fully saturated rings. The van der Waals surface area contributed by atoms with Gasteiger partial charge in [-0.15, -0.1) is 10.2 Å². The maximum atomic E-state index is 5.76. The standard InChI is InChI=1S/C10H10N4O2/c1-2-4-9-8(3-1)15-6-7(16-9)5-10-11-13-14-12-10/h1-4,7H,5-6H2,(H,11,12,13,14). The monoisotopic (exact) mass is 218 g/mol. The van der Waals surface area contributed by atoms with Crippen molar-refractivity contribution in [1.82, 2.24) is 20.6 Å². The Labute approximate surface area is 91.6 Å². The van der Waals surface area contributed by atoms with Gasteiger partial charge in [0.15, 0.2) is 17.3 Å². The van der Waals surface area contributed by atoms with Crippen molar-refractivity contribution in [3.8, 4) is 11.5 Å². The summed E-state index contributed by atoms with van der Waals surface area (Å²) in [6.07, 6.45) is 0.526. The summed E-state index contributed by atoms with van der Waals surface area (Å²) in [5.74, 6) is 2.18. The number of fused-ring (bicyclic) bond motifs is 1. The van der Waals surface area contributed by atoms with E-state index in [0.29, 0.717) is 18.9 Å². The summed E-state index contributed by atoms with van der Waals surface area (Å²) in [4.78, 5) is 0. The van der Waals surface area contributed by atoms with Crippen LogP contribution in [0.3, 0.4) is 0 Å². The second-order valence-electron chi connectivity index (χ2n) is 3.53. The second kappa shape index (κ2) is 3.80. The van der Waals surface area contributed by atoms with E-state index in [9.17, 15) is 0 Å². The van der Waals surface area contributed by atoms with Gasteiger partial charge in [-0.3, -0.25) is 0 Å². The molecule has 0 spiro atoms. The first-order valence-corrected chi connectivity index (χ1v) is 5.02. The van der Waals surface area contributed by atoms with E-state index in [1.807, 2.05) is 24.3 Å². The summed E-state index contributed by atoms with van der Waals surface area (Å²) < 4.78 is 11.3. The van der Waals surface area contributed by atoms with Gasteiger partial charge >= 0.3 is 0 Å². The zero-order chi connectivity index (χ0) is 10.8. The molecular formula is C10H10N4O2. The number of H-pyrrole nitrogens is 1. The van der Waals surface area contributed by atoms with Gasteiger partial charge < -0.3 is 9.47 Å². The molecule has 1 atom stereocenters. The van der Waals surface area contributed by atoms with Gasteiger partial charge in [-0.2, -0.15) is 5.21 Å². The van der Waals surface area contributed by atoms with Crippen LogP contribution in [-0.4, -0.2) is 33.3 Å². The lowest BCUT2D eigenvalue weighted by atomic mass is 10.2. The quantitative estimate of drug-likeness (QED) is 0.798. The van der Waals surface area contributed by atoms with Gasteiger partial charge in [-0.05, 0) is 12.1 Å². The van der Waals surface area contributed by atoms with Crippen LogP contribution in [0.5, 0.6) is 11.5 Å². The Kier molecular flexibility index (Phi) is 2.17. The van der Waals surface area contributed by atoms with Crippen LogP contribution >= 0.6 is 0 Å². The summed E-state index contributed by atoms with van der Waals surface area (Å²) in [6, 6.07) is 7.61. The van der Waals surface area contributed by atoms with E-state index in [0.717, 1.165) is 11.5 Å². The highest BCUT2D eigenvalue weighted by Crippen LogP contribution is 2.31. The Morgan fingerprint density at radius 3 is 3.00 bits per heavy atom. The number of aromatic amines is 1. The van der Waals surface area contributed by atoms with Gasteiger partial charge in [0.25, 0.3) is 0 Å². The molecular weight excluding hydrogens is 208 g/mol. The largest absolute Gasteiger partial charge is 0.486 e. The Morgan fingerprint density at radius 2 is 2.19 bits per heavy atom. The zero-order valence-electron chi connectivity index (χ0n) is 8.46. The van der Waals surface area contributed by atoms with Crippen molar-refractivity contribution in [3.63, 3.8) is 0 Å². The van der Waals surface area contributed by atoms with Crippen LogP contribution in [0, 0.1) is 0 Å². The van der Waals surface area contributed by atoms with E-state index < -0.39 is 0 Å². The lowest BCUT2D eigenvalue weighted by Gasteiger charge is -2.25. The first-order chi connectivity index (χ1) is 7.92. The van der Waals surface area contributed by atoms with E-state index >= 15 is 0 Å². The van der Waals surface area contributed by atoms with E-state index in [1.54, 1.807) is 0 Å². The van der Waals surface area contributed by atoms with Gasteiger partial charge in [-0.1, -0.05) is 17.3 Å². The van der Waals surface area contributed by atoms with Crippen molar-refractivity contribution in [2.45, 2.75) is 12.5 Å². The van der Waals surface area contributed by atoms with Gasteiger partial charge in [0.05, 0.1) is 6.42 Å². The molecule has 6 heteroatoms. The summed E-state index contributed by atoms with van der Waals surface area (Å²) >= 11 is 0.